The van der Waals surface area contributed by atoms with Gasteiger partial charge < -0.3 is 20.4 Å². The molecule has 0 bridgehead atoms. The summed E-state index contributed by atoms with van der Waals surface area (Å²) >= 11 is 0.753. The van der Waals surface area contributed by atoms with Crippen molar-refractivity contribution in [2.75, 3.05) is 54.8 Å². The van der Waals surface area contributed by atoms with Gasteiger partial charge in [0, 0.05) is 93.8 Å². The van der Waals surface area contributed by atoms with Gasteiger partial charge in [-0.25, -0.2) is 13.8 Å². The van der Waals surface area contributed by atoms with Gasteiger partial charge in [-0.15, -0.1) is 0 Å². The van der Waals surface area contributed by atoms with Gasteiger partial charge in [-0.2, -0.15) is 10.2 Å². The van der Waals surface area contributed by atoms with E-state index in [0.717, 1.165) is 53.8 Å². The maximum atomic E-state index is 14.7. The summed E-state index contributed by atoms with van der Waals surface area (Å²) in [6.07, 6.45) is 5.57. The molecule has 0 radical (unpaired) electrons. The van der Waals surface area contributed by atoms with Crippen LogP contribution in [0.1, 0.15) is 96.4 Å². The summed E-state index contributed by atoms with van der Waals surface area (Å²) < 4.78 is 33.1. The van der Waals surface area contributed by atoms with Crippen molar-refractivity contribution in [3.63, 3.8) is 0 Å². The number of nitro groups is 1. The van der Waals surface area contributed by atoms with Gasteiger partial charge in [-0.05, 0) is 92.2 Å². The van der Waals surface area contributed by atoms with E-state index in [1.54, 1.807) is 55.3 Å². The second kappa shape index (κ2) is 19.9. The van der Waals surface area contributed by atoms with Crippen molar-refractivity contribution < 1.29 is 32.9 Å². The van der Waals surface area contributed by atoms with Crippen LogP contribution in [0.3, 0.4) is 0 Å². The lowest BCUT2D eigenvalue weighted by atomic mass is 9.92. The molecule has 348 valence electrons. The summed E-state index contributed by atoms with van der Waals surface area (Å²) in [5.74, 6) is -0.302. The number of rotatable bonds is 15. The zero-order valence-corrected chi connectivity index (χ0v) is 37.8. The molecule has 66 heavy (non-hydrogen) atoms. The Bertz CT molecular complexity index is 2660. The van der Waals surface area contributed by atoms with Crippen LogP contribution in [-0.4, -0.2) is 102 Å². The summed E-state index contributed by atoms with van der Waals surface area (Å²) in [4.78, 5) is 72.1. The zero-order chi connectivity index (χ0) is 46.6. The molecular formula is C45H52F2N12O6S. The number of fused-ring (bicyclic) bond motifs is 2. The number of carbonyl (C=O) groups excluding carboxylic acids is 4. The average molecular weight is 927 g/mol. The summed E-state index contributed by atoms with van der Waals surface area (Å²) in [5.41, 5.74) is 5.41. The standard InChI is InChI=1S/C45H52F2N12O6S/c1-27-44(59(64)65)66-45(50-27)52-43(63)32-10-4-5-11-36(32)51-39(61)12-6-7-16-48-40(62)26-55-18-13-31(14-19-55)58-37-15-20-56(28(2)60)25-35(37)42(53-58)57-17-8-9-29-21-33(30-23-49-54(3)24-30)34(41(46)47)22-38(29)57/h4-5,10-11,21-24,31,41H,6-9,12-20,25-26H2,1-3H3,(H,48,62)(H,51,61)(H,50,52,63). The van der Waals surface area contributed by atoms with Gasteiger partial charge >= 0.3 is 5.00 Å². The Morgan fingerprint density at radius 3 is 2.52 bits per heavy atom. The first-order valence-corrected chi connectivity index (χ1v) is 22.9. The minimum atomic E-state index is -2.70. The van der Waals surface area contributed by atoms with E-state index in [0.29, 0.717) is 86.9 Å². The first-order valence-electron chi connectivity index (χ1n) is 22.1. The molecule has 6 heterocycles. The number of carbonyl (C=O) groups is 4. The van der Waals surface area contributed by atoms with E-state index in [-0.39, 0.29) is 63.7 Å². The number of likely N-dealkylation sites (tertiary alicyclic amines) is 1. The number of unbranched alkanes of at least 4 members (excludes halogenated alkanes) is 1. The second-order valence-electron chi connectivity index (χ2n) is 16.9. The monoisotopic (exact) mass is 926 g/mol. The molecule has 2 aromatic carbocycles. The molecule has 0 spiro atoms. The van der Waals surface area contributed by atoms with Crippen LogP contribution in [0.15, 0.2) is 48.8 Å². The van der Waals surface area contributed by atoms with Crippen molar-refractivity contribution in [2.45, 2.75) is 84.2 Å². The number of para-hydroxylation sites is 1. The van der Waals surface area contributed by atoms with Crippen molar-refractivity contribution >= 4 is 62.3 Å². The maximum absolute atomic E-state index is 14.7. The highest BCUT2D eigenvalue weighted by Gasteiger charge is 2.35. The fourth-order valence-electron chi connectivity index (χ4n) is 9.07. The lowest BCUT2D eigenvalue weighted by molar-refractivity contribution is -0.380. The van der Waals surface area contributed by atoms with E-state index in [9.17, 15) is 38.1 Å². The van der Waals surface area contributed by atoms with Crippen LogP contribution in [0.5, 0.6) is 0 Å². The van der Waals surface area contributed by atoms with Crippen molar-refractivity contribution in [1.82, 2.24) is 39.7 Å². The van der Waals surface area contributed by atoms with Gasteiger partial charge in [-0.3, -0.25) is 48.9 Å². The highest BCUT2D eigenvalue weighted by molar-refractivity contribution is 7.19. The Kier molecular flexibility index (Phi) is 13.8. The fourth-order valence-corrected chi connectivity index (χ4v) is 9.85. The number of aryl methyl sites for hydroxylation is 3. The largest absolute Gasteiger partial charge is 0.355 e. The number of halogens is 2. The first kappa shape index (κ1) is 45.9. The summed E-state index contributed by atoms with van der Waals surface area (Å²) in [6, 6.07) is 9.99. The number of alkyl halides is 2. The molecule has 5 aromatic rings. The number of piperidine rings is 1. The molecule has 8 rings (SSSR count). The predicted octanol–water partition coefficient (Wildman–Crippen LogP) is 6.70. The molecular weight excluding hydrogens is 875 g/mol. The lowest BCUT2D eigenvalue weighted by Crippen LogP contribution is -2.42. The number of aromatic nitrogens is 5. The minimum Gasteiger partial charge on any atom is -0.355 e. The molecule has 3 N–H and O–H groups in total. The van der Waals surface area contributed by atoms with E-state index in [4.69, 9.17) is 5.10 Å². The SMILES string of the molecule is CC(=O)N1CCc2c(c(N3CCCc4cc(-c5cnn(C)c5)c(C(F)F)cc43)nn2C2CCN(CC(=O)NCCCCC(=O)Nc3ccccc3C(=O)Nc3nc(C)c([N+](=O)[O-])s3)CC2)C1. The number of nitrogens with zero attached hydrogens (tertiary/aromatic N) is 9. The molecule has 3 aromatic heterocycles. The topological polar surface area (TPSA) is 206 Å². The summed E-state index contributed by atoms with van der Waals surface area (Å²) in [5, 5.41) is 28.9. The summed E-state index contributed by atoms with van der Waals surface area (Å²) in [6.45, 7) is 6.58. The highest BCUT2D eigenvalue weighted by atomic mass is 32.1. The van der Waals surface area contributed by atoms with E-state index in [2.05, 4.69) is 40.5 Å². The zero-order valence-electron chi connectivity index (χ0n) is 37.0. The molecule has 18 nitrogen and oxygen atoms in total. The van der Waals surface area contributed by atoms with Gasteiger partial charge in [0.15, 0.2) is 10.9 Å². The predicted molar refractivity (Wildman–Crippen MR) is 244 cm³/mol. The smallest absolute Gasteiger partial charge is 0.348 e. The Labute approximate surface area is 383 Å². The number of nitrogens with one attached hydrogen (secondary N) is 3. The van der Waals surface area contributed by atoms with Crippen LogP contribution in [0.25, 0.3) is 11.1 Å². The van der Waals surface area contributed by atoms with E-state index >= 15 is 0 Å². The second-order valence-corrected chi connectivity index (χ2v) is 17.9. The van der Waals surface area contributed by atoms with Crippen LogP contribution in [-0.2, 0) is 40.8 Å². The van der Waals surface area contributed by atoms with Crippen LogP contribution < -0.4 is 20.9 Å². The maximum Gasteiger partial charge on any atom is 0.348 e. The number of anilines is 4. The molecule has 0 atom stereocenters. The Balaban J connectivity index is 0.839. The molecule has 0 unspecified atom stereocenters. The Morgan fingerprint density at radius 2 is 1.80 bits per heavy atom. The fraction of sp³-hybridized carbons (Fsp3) is 0.444. The molecule has 21 heteroatoms. The van der Waals surface area contributed by atoms with Gasteiger partial charge in [-0.1, -0.05) is 12.1 Å². The van der Waals surface area contributed by atoms with Crippen molar-refractivity contribution in [3.05, 3.63) is 92.5 Å². The van der Waals surface area contributed by atoms with Crippen LogP contribution in [0, 0.1) is 17.0 Å². The van der Waals surface area contributed by atoms with Gasteiger partial charge in [0.2, 0.25) is 17.7 Å². The third kappa shape index (κ3) is 10.1. The Hall–Kier alpha value is -6.61. The molecule has 3 aliphatic heterocycles. The number of hydrogen-bond donors (Lipinski definition) is 3. The molecule has 0 aliphatic carbocycles. The number of amides is 4. The molecule has 3 aliphatic rings. The van der Waals surface area contributed by atoms with Gasteiger partial charge in [0.05, 0.1) is 41.5 Å². The minimum absolute atomic E-state index is 0.0282. The molecule has 4 amide bonds. The van der Waals surface area contributed by atoms with E-state index in [1.807, 2.05) is 11.0 Å². The Morgan fingerprint density at radius 1 is 1.02 bits per heavy atom. The van der Waals surface area contributed by atoms with Crippen LogP contribution >= 0.6 is 11.3 Å². The van der Waals surface area contributed by atoms with Crippen molar-refractivity contribution in [2.24, 2.45) is 7.05 Å². The van der Waals surface area contributed by atoms with Crippen LogP contribution in [0.2, 0.25) is 0 Å². The first-order chi connectivity index (χ1) is 31.7. The molecule has 1 fully saturated rings. The van der Waals surface area contributed by atoms with E-state index in [1.165, 1.54) is 13.0 Å². The third-order valence-corrected chi connectivity index (χ3v) is 13.4. The lowest BCUT2D eigenvalue weighted by Gasteiger charge is -2.33. The summed E-state index contributed by atoms with van der Waals surface area (Å²) in [7, 11) is 1.76. The third-order valence-electron chi connectivity index (χ3n) is 12.4. The molecule has 1 saturated heterocycles. The number of thiazole rings is 1. The van der Waals surface area contributed by atoms with Crippen LogP contribution in [0.4, 0.5) is 36.1 Å². The van der Waals surface area contributed by atoms with Gasteiger partial charge in [0.1, 0.15) is 5.69 Å². The quantitative estimate of drug-likeness (QED) is 0.0573. The number of hydrogen-bond acceptors (Lipinski definition) is 12. The number of benzene rings is 2. The molecule has 0 saturated carbocycles. The van der Waals surface area contributed by atoms with Crippen molar-refractivity contribution in [1.29, 1.82) is 0 Å². The average Bonchev–Trinajstić information content (AvgIpc) is 4.01. The van der Waals surface area contributed by atoms with E-state index < -0.39 is 17.3 Å². The highest BCUT2D eigenvalue weighted by Crippen LogP contribution is 2.44. The van der Waals surface area contributed by atoms with Crippen molar-refractivity contribution in [3.8, 4) is 11.1 Å². The van der Waals surface area contributed by atoms with Gasteiger partial charge in [0.25, 0.3) is 12.3 Å². The normalized spacial score (nSPS) is 15.4.